The molecule has 1 aliphatic heterocycles. The first kappa shape index (κ1) is 22.7. The van der Waals surface area contributed by atoms with E-state index in [9.17, 15) is 14.7 Å². The highest BCUT2D eigenvalue weighted by Crippen LogP contribution is 2.33. The average Bonchev–Trinajstić information content (AvgIpc) is 3.65. The largest absolute Gasteiger partial charge is 0.508 e. The van der Waals surface area contributed by atoms with Crippen molar-refractivity contribution in [3.05, 3.63) is 70.9 Å². The van der Waals surface area contributed by atoms with Crippen molar-refractivity contribution in [3.8, 4) is 11.5 Å². The molecule has 33 heavy (non-hydrogen) atoms. The number of esters is 1. The van der Waals surface area contributed by atoms with Gasteiger partial charge in [-0.2, -0.15) is 0 Å². The first-order valence-electron chi connectivity index (χ1n) is 11.1. The predicted molar refractivity (Wildman–Crippen MR) is 123 cm³/mol. The molecule has 1 heterocycles. The molecular formula is C25H29N3O5. The van der Waals surface area contributed by atoms with E-state index in [1.165, 1.54) is 0 Å². The van der Waals surface area contributed by atoms with Gasteiger partial charge in [0, 0.05) is 24.8 Å². The van der Waals surface area contributed by atoms with Gasteiger partial charge in [-0.05, 0) is 55.2 Å². The number of ether oxygens (including phenoxy) is 2. The Morgan fingerprint density at radius 2 is 1.79 bits per heavy atom. The van der Waals surface area contributed by atoms with Gasteiger partial charge in [-0.15, -0.1) is 0 Å². The number of urea groups is 1. The van der Waals surface area contributed by atoms with E-state index in [1.807, 2.05) is 24.3 Å². The second kappa shape index (κ2) is 9.95. The van der Waals surface area contributed by atoms with Crippen molar-refractivity contribution in [1.29, 1.82) is 0 Å². The van der Waals surface area contributed by atoms with E-state index in [1.54, 1.807) is 38.3 Å². The molecule has 2 amide bonds. The minimum atomic E-state index is -0.631. The molecule has 0 spiro atoms. The Morgan fingerprint density at radius 1 is 1.09 bits per heavy atom. The SMILES string of the molecule is CCOC(=O)C1=C(CN(Cc2ccc(O)cc2)C2CC2)NC(=O)N[C@@H]1c1ccc(OC)cc1. The summed E-state index contributed by atoms with van der Waals surface area (Å²) in [5.74, 6) is 0.452. The topological polar surface area (TPSA) is 100 Å². The average molecular weight is 452 g/mol. The van der Waals surface area contributed by atoms with Gasteiger partial charge in [-0.25, -0.2) is 9.59 Å². The molecule has 174 valence electrons. The molecule has 0 unspecified atom stereocenters. The summed E-state index contributed by atoms with van der Waals surface area (Å²) in [6.45, 7) is 3.04. The Balaban J connectivity index is 1.67. The molecule has 0 radical (unpaired) electrons. The predicted octanol–water partition coefficient (Wildman–Crippen LogP) is 3.24. The number of benzene rings is 2. The standard InChI is InChI=1S/C25H29N3O5/c1-3-33-24(30)22-21(15-28(18-8-9-18)14-16-4-10-19(29)11-5-16)26-25(31)27-23(22)17-6-12-20(32-2)13-7-17/h4-7,10-13,18,23,29H,3,8-9,14-15H2,1-2H3,(H2,26,27,31)/t23-/m1/s1. The second-order valence-electron chi connectivity index (χ2n) is 8.22. The van der Waals surface area contributed by atoms with Gasteiger partial charge in [0.1, 0.15) is 11.5 Å². The Bertz CT molecular complexity index is 1030. The number of nitrogens with zero attached hydrogens (tertiary/aromatic N) is 1. The van der Waals surface area contributed by atoms with Gasteiger partial charge in [0.15, 0.2) is 0 Å². The van der Waals surface area contributed by atoms with Crippen LogP contribution in [0.15, 0.2) is 59.8 Å². The molecule has 3 N–H and O–H groups in total. The Hall–Kier alpha value is -3.52. The Labute approximate surface area is 193 Å². The van der Waals surface area contributed by atoms with Crippen molar-refractivity contribution < 1.29 is 24.2 Å². The van der Waals surface area contributed by atoms with Crippen molar-refractivity contribution in [2.75, 3.05) is 20.3 Å². The number of methoxy groups -OCH3 is 1. The summed E-state index contributed by atoms with van der Waals surface area (Å²) in [6, 6.07) is 13.7. The normalized spacial score (nSPS) is 18.0. The molecule has 2 aromatic rings. The lowest BCUT2D eigenvalue weighted by Crippen LogP contribution is -2.48. The lowest BCUT2D eigenvalue weighted by Gasteiger charge is -2.32. The third kappa shape index (κ3) is 5.46. The summed E-state index contributed by atoms with van der Waals surface area (Å²) >= 11 is 0. The van der Waals surface area contributed by atoms with Gasteiger partial charge in [-0.1, -0.05) is 24.3 Å². The zero-order valence-electron chi connectivity index (χ0n) is 18.8. The van der Waals surface area contributed by atoms with Crippen LogP contribution in [0.1, 0.15) is 36.9 Å². The summed E-state index contributed by atoms with van der Waals surface area (Å²) in [5, 5.41) is 15.3. The number of phenolic OH excluding ortho intramolecular Hbond substituents is 1. The van der Waals surface area contributed by atoms with Gasteiger partial charge >= 0.3 is 12.0 Å². The van der Waals surface area contributed by atoms with E-state index in [0.717, 1.165) is 24.0 Å². The Kier molecular flexibility index (Phi) is 6.84. The van der Waals surface area contributed by atoms with Crippen molar-refractivity contribution >= 4 is 12.0 Å². The fourth-order valence-corrected chi connectivity index (χ4v) is 4.03. The molecule has 1 fully saturated rings. The first-order valence-corrected chi connectivity index (χ1v) is 11.1. The van der Waals surface area contributed by atoms with E-state index in [4.69, 9.17) is 9.47 Å². The molecule has 0 aromatic heterocycles. The minimum absolute atomic E-state index is 0.219. The van der Waals surface area contributed by atoms with Crippen LogP contribution in [-0.4, -0.2) is 48.3 Å². The molecule has 8 nitrogen and oxygen atoms in total. The van der Waals surface area contributed by atoms with Crippen LogP contribution < -0.4 is 15.4 Å². The number of hydrogen-bond donors (Lipinski definition) is 3. The summed E-state index contributed by atoms with van der Waals surface area (Å²) in [5.41, 5.74) is 2.76. The second-order valence-corrected chi connectivity index (χ2v) is 8.22. The quantitative estimate of drug-likeness (QED) is 0.506. The minimum Gasteiger partial charge on any atom is -0.508 e. The number of carbonyl (C=O) groups is 2. The van der Waals surface area contributed by atoms with Gasteiger partial charge < -0.3 is 25.2 Å². The van der Waals surface area contributed by atoms with E-state index >= 15 is 0 Å². The number of phenols is 1. The highest BCUT2D eigenvalue weighted by Gasteiger charge is 2.36. The van der Waals surface area contributed by atoms with Crippen molar-refractivity contribution in [2.45, 2.75) is 38.4 Å². The monoisotopic (exact) mass is 451 g/mol. The van der Waals surface area contributed by atoms with Crippen LogP contribution in [0.4, 0.5) is 4.79 Å². The third-order valence-corrected chi connectivity index (χ3v) is 5.84. The zero-order valence-corrected chi connectivity index (χ0v) is 18.8. The summed E-state index contributed by atoms with van der Waals surface area (Å²) in [4.78, 5) is 27.9. The zero-order chi connectivity index (χ0) is 23.4. The first-order chi connectivity index (χ1) is 16.0. The van der Waals surface area contributed by atoms with Gasteiger partial charge in [-0.3, -0.25) is 4.90 Å². The summed E-state index contributed by atoms with van der Waals surface area (Å²) in [7, 11) is 1.59. The molecule has 0 saturated heterocycles. The summed E-state index contributed by atoms with van der Waals surface area (Å²) in [6.07, 6.45) is 2.13. The molecule has 4 rings (SSSR count). The number of hydrogen-bond acceptors (Lipinski definition) is 6. The molecule has 0 bridgehead atoms. The Morgan fingerprint density at radius 3 is 2.39 bits per heavy atom. The van der Waals surface area contributed by atoms with Crippen molar-refractivity contribution in [1.82, 2.24) is 15.5 Å². The number of nitrogens with one attached hydrogen (secondary N) is 2. The van der Waals surface area contributed by atoms with Crippen molar-refractivity contribution in [2.24, 2.45) is 0 Å². The van der Waals surface area contributed by atoms with E-state index in [0.29, 0.717) is 36.2 Å². The summed E-state index contributed by atoms with van der Waals surface area (Å²) < 4.78 is 10.6. The lowest BCUT2D eigenvalue weighted by atomic mass is 9.94. The van der Waals surface area contributed by atoms with E-state index in [-0.39, 0.29) is 18.4 Å². The fraction of sp³-hybridized carbons (Fsp3) is 0.360. The van der Waals surface area contributed by atoms with Gasteiger partial charge in [0.2, 0.25) is 0 Å². The van der Waals surface area contributed by atoms with Crippen LogP contribution in [0, 0.1) is 0 Å². The lowest BCUT2D eigenvalue weighted by molar-refractivity contribution is -0.139. The highest BCUT2D eigenvalue weighted by atomic mass is 16.5. The maximum absolute atomic E-state index is 13.0. The molecule has 8 heteroatoms. The number of aromatic hydroxyl groups is 1. The van der Waals surface area contributed by atoms with Crippen LogP contribution in [-0.2, 0) is 16.1 Å². The molecule has 1 aliphatic carbocycles. The van der Waals surface area contributed by atoms with E-state index in [2.05, 4.69) is 15.5 Å². The maximum Gasteiger partial charge on any atom is 0.338 e. The highest BCUT2D eigenvalue weighted by molar-refractivity contribution is 5.95. The van der Waals surface area contributed by atoms with E-state index < -0.39 is 12.0 Å². The molecule has 1 atom stereocenters. The van der Waals surface area contributed by atoms with Gasteiger partial charge in [0.05, 0.1) is 25.3 Å². The number of carbonyl (C=O) groups excluding carboxylic acids is 2. The van der Waals surface area contributed by atoms with Gasteiger partial charge in [0.25, 0.3) is 0 Å². The third-order valence-electron chi connectivity index (χ3n) is 5.84. The maximum atomic E-state index is 13.0. The van der Waals surface area contributed by atoms with Crippen LogP contribution in [0.2, 0.25) is 0 Å². The molecule has 2 aromatic carbocycles. The fourth-order valence-electron chi connectivity index (χ4n) is 4.03. The van der Waals surface area contributed by atoms with Crippen LogP contribution in [0.5, 0.6) is 11.5 Å². The molecule has 1 saturated carbocycles. The van der Waals surface area contributed by atoms with Crippen LogP contribution >= 0.6 is 0 Å². The van der Waals surface area contributed by atoms with Crippen LogP contribution in [0.25, 0.3) is 0 Å². The molecule has 2 aliphatic rings. The van der Waals surface area contributed by atoms with Crippen molar-refractivity contribution in [3.63, 3.8) is 0 Å². The van der Waals surface area contributed by atoms with Crippen LogP contribution in [0.3, 0.4) is 0 Å². The number of rotatable bonds is 9. The molecular weight excluding hydrogens is 422 g/mol. The number of amides is 2. The smallest absolute Gasteiger partial charge is 0.338 e.